The van der Waals surface area contributed by atoms with E-state index in [-0.39, 0.29) is 44.0 Å². The van der Waals surface area contributed by atoms with E-state index in [1.165, 1.54) is 42.7 Å². The molecule has 0 spiro atoms. The SMILES string of the molecule is CCCCCCCC(=O)OCC1CN(C(=O)c2cc(OC)c(OC)c(OC)c2)CCN1C(=O)c1cc(OC)c(OC)c(OC)c1. The molecule has 2 amide bonds. The van der Waals surface area contributed by atoms with Crippen molar-refractivity contribution >= 4 is 17.8 Å². The number of carbonyl (C=O) groups is 3. The fourth-order valence-electron chi connectivity index (χ4n) is 5.34. The summed E-state index contributed by atoms with van der Waals surface area (Å²) < 4.78 is 38.2. The van der Waals surface area contributed by atoms with E-state index < -0.39 is 6.04 Å². The van der Waals surface area contributed by atoms with E-state index in [2.05, 4.69) is 6.92 Å². The van der Waals surface area contributed by atoms with Crippen molar-refractivity contribution in [3.8, 4) is 34.5 Å². The number of ether oxygens (including phenoxy) is 7. The van der Waals surface area contributed by atoms with Crippen LogP contribution in [0.25, 0.3) is 0 Å². The maximum Gasteiger partial charge on any atom is 0.305 e. The van der Waals surface area contributed by atoms with Crippen LogP contribution in [0.1, 0.15) is 66.2 Å². The van der Waals surface area contributed by atoms with Crippen molar-refractivity contribution in [2.24, 2.45) is 0 Å². The van der Waals surface area contributed by atoms with Crippen molar-refractivity contribution in [1.29, 1.82) is 0 Å². The van der Waals surface area contributed by atoms with Gasteiger partial charge in [-0.2, -0.15) is 0 Å². The second-order valence-corrected chi connectivity index (χ2v) is 10.6. The fraction of sp³-hybridized carbons (Fsp3) is 0.545. The number of hydrogen-bond donors (Lipinski definition) is 0. The molecule has 1 aliphatic heterocycles. The van der Waals surface area contributed by atoms with Gasteiger partial charge in [0.15, 0.2) is 23.0 Å². The second kappa shape index (κ2) is 17.2. The lowest BCUT2D eigenvalue weighted by molar-refractivity contribution is -0.145. The maximum atomic E-state index is 13.9. The van der Waals surface area contributed by atoms with Gasteiger partial charge in [0.2, 0.25) is 11.5 Å². The van der Waals surface area contributed by atoms with Crippen LogP contribution < -0.4 is 28.4 Å². The molecule has 1 unspecified atom stereocenters. The largest absolute Gasteiger partial charge is 0.493 e. The van der Waals surface area contributed by atoms with Crippen molar-refractivity contribution in [3.63, 3.8) is 0 Å². The molecule has 2 aromatic carbocycles. The zero-order chi connectivity index (χ0) is 32.9. The van der Waals surface area contributed by atoms with E-state index in [4.69, 9.17) is 33.2 Å². The van der Waals surface area contributed by atoms with Crippen molar-refractivity contribution in [3.05, 3.63) is 35.4 Å². The first kappa shape index (κ1) is 35.1. The summed E-state index contributed by atoms with van der Waals surface area (Å²) in [7, 11) is 8.89. The van der Waals surface area contributed by atoms with Crippen LogP contribution in [0.15, 0.2) is 24.3 Å². The Kier molecular flexibility index (Phi) is 13.4. The van der Waals surface area contributed by atoms with Gasteiger partial charge in [-0.1, -0.05) is 32.6 Å². The van der Waals surface area contributed by atoms with E-state index in [1.807, 2.05) is 0 Å². The van der Waals surface area contributed by atoms with Gasteiger partial charge >= 0.3 is 5.97 Å². The zero-order valence-electron chi connectivity index (χ0n) is 27.4. The Balaban J connectivity index is 1.87. The van der Waals surface area contributed by atoms with Crippen LogP contribution >= 0.6 is 0 Å². The number of piperazine rings is 1. The number of unbranched alkanes of at least 4 members (excludes halogenated alkanes) is 4. The van der Waals surface area contributed by atoms with Crippen LogP contribution in [0.3, 0.4) is 0 Å². The molecule has 1 saturated heterocycles. The highest BCUT2D eigenvalue weighted by Crippen LogP contribution is 2.40. The van der Waals surface area contributed by atoms with Gasteiger partial charge in [-0.25, -0.2) is 0 Å². The molecular weight excluding hydrogens is 584 g/mol. The third kappa shape index (κ3) is 8.64. The second-order valence-electron chi connectivity index (χ2n) is 10.6. The molecule has 0 bridgehead atoms. The number of amides is 2. The Bertz CT molecular complexity index is 1260. The predicted octanol–water partition coefficient (Wildman–Crippen LogP) is 4.61. The molecule has 1 heterocycles. The molecule has 0 aromatic heterocycles. The first-order valence-corrected chi connectivity index (χ1v) is 15.1. The number of nitrogens with zero attached hydrogens (tertiary/aromatic N) is 2. The Hall–Kier alpha value is -4.35. The van der Waals surface area contributed by atoms with E-state index in [9.17, 15) is 14.4 Å². The zero-order valence-corrected chi connectivity index (χ0v) is 27.4. The highest BCUT2D eigenvalue weighted by Gasteiger charge is 2.35. The third-order valence-corrected chi connectivity index (χ3v) is 7.78. The van der Waals surface area contributed by atoms with Gasteiger partial charge in [0.25, 0.3) is 11.8 Å². The summed E-state index contributed by atoms with van der Waals surface area (Å²) >= 11 is 0. The Morgan fingerprint density at radius 3 is 1.62 bits per heavy atom. The van der Waals surface area contributed by atoms with Gasteiger partial charge in [0.1, 0.15) is 6.61 Å². The van der Waals surface area contributed by atoms with Crippen LogP contribution in [-0.4, -0.2) is 103 Å². The molecular formula is C33H46N2O10. The lowest BCUT2D eigenvalue weighted by Crippen LogP contribution is -2.58. The van der Waals surface area contributed by atoms with Crippen LogP contribution in [0, 0.1) is 0 Å². The van der Waals surface area contributed by atoms with Gasteiger partial charge in [-0.3, -0.25) is 14.4 Å². The van der Waals surface area contributed by atoms with Crippen molar-refractivity contribution < 1.29 is 47.5 Å². The number of rotatable bonds is 16. The van der Waals surface area contributed by atoms with Gasteiger partial charge < -0.3 is 43.0 Å². The molecule has 0 radical (unpaired) electrons. The summed E-state index contributed by atoms with van der Waals surface area (Å²) in [6.45, 7) is 2.65. The quantitative estimate of drug-likeness (QED) is 0.192. The van der Waals surface area contributed by atoms with Gasteiger partial charge in [-0.05, 0) is 30.7 Å². The Morgan fingerprint density at radius 1 is 0.667 bits per heavy atom. The van der Waals surface area contributed by atoms with Gasteiger partial charge in [0.05, 0.1) is 48.7 Å². The topological polar surface area (TPSA) is 122 Å². The van der Waals surface area contributed by atoms with Crippen molar-refractivity contribution in [1.82, 2.24) is 9.80 Å². The van der Waals surface area contributed by atoms with E-state index in [0.717, 1.165) is 32.1 Å². The molecule has 1 atom stereocenters. The van der Waals surface area contributed by atoms with Crippen LogP contribution in [-0.2, 0) is 9.53 Å². The number of methoxy groups -OCH3 is 6. The van der Waals surface area contributed by atoms with Gasteiger partial charge in [0, 0.05) is 37.2 Å². The smallest absolute Gasteiger partial charge is 0.305 e. The molecule has 0 N–H and O–H groups in total. The lowest BCUT2D eigenvalue weighted by Gasteiger charge is -2.41. The molecule has 248 valence electrons. The van der Waals surface area contributed by atoms with Crippen LogP contribution in [0.2, 0.25) is 0 Å². The van der Waals surface area contributed by atoms with Crippen LogP contribution in [0.5, 0.6) is 34.5 Å². The first-order valence-electron chi connectivity index (χ1n) is 15.1. The van der Waals surface area contributed by atoms with E-state index in [0.29, 0.717) is 52.0 Å². The molecule has 2 aromatic rings. The number of carbonyl (C=O) groups excluding carboxylic acids is 3. The van der Waals surface area contributed by atoms with Gasteiger partial charge in [-0.15, -0.1) is 0 Å². The maximum absolute atomic E-state index is 13.9. The summed E-state index contributed by atoms with van der Waals surface area (Å²) in [5.41, 5.74) is 0.637. The Morgan fingerprint density at radius 2 is 1.16 bits per heavy atom. The monoisotopic (exact) mass is 630 g/mol. The summed E-state index contributed by atoms with van der Waals surface area (Å²) in [5.74, 6) is 1.15. The molecule has 12 nitrogen and oxygen atoms in total. The molecule has 1 fully saturated rings. The molecule has 0 aliphatic carbocycles. The Labute approximate surface area is 265 Å². The first-order chi connectivity index (χ1) is 21.8. The molecule has 12 heteroatoms. The molecule has 0 saturated carbocycles. The number of esters is 1. The number of benzene rings is 2. The average Bonchev–Trinajstić information content (AvgIpc) is 3.08. The number of hydrogen-bond acceptors (Lipinski definition) is 10. The minimum absolute atomic E-state index is 0.0665. The minimum Gasteiger partial charge on any atom is -0.493 e. The van der Waals surface area contributed by atoms with Crippen molar-refractivity contribution in [2.75, 3.05) is 68.9 Å². The highest BCUT2D eigenvalue weighted by atomic mass is 16.5. The summed E-state index contributed by atoms with van der Waals surface area (Å²) in [6.07, 6.45) is 5.31. The lowest BCUT2D eigenvalue weighted by atomic mass is 10.1. The minimum atomic E-state index is -0.611. The summed E-state index contributed by atoms with van der Waals surface area (Å²) in [4.78, 5) is 43.6. The van der Waals surface area contributed by atoms with Crippen molar-refractivity contribution in [2.45, 2.75) is 51.5 Å². The van der Waals surface area contributed by atoms with E-state index >= 15 is 0 Å². The fourth-order valence-corrected chi connectivity index (χ4v) is 5.34. The molecule has 45 heavy (non-hydrogen) atoms. The van der Waals surface area contributed by atoms with Crippen LogP contribution in [0.4, 0.5) is 0 Å². The summed E-state index contributed by atoms with van der Waals surface area (Å²) in [5, 5.41) is 0. The highest BCUT2D eigenvalue weighted by molar-refractivity contribution is 5.97. The average molecular weight is 631 g/mol. The normalized spacial score (nSPS) is 14.4. The molecule has 3 rings (SSSR count). The standard InChI is InChI=1S/C33H46N2O10/c1-8-9-10-11-12-13-29(36)45-21-24-20-34(32(37)22-16-25(39-2)30(43-6)26(17-22)40-3)14-15-35(24)33(38)23-18-27(41-4)31(44-7)28(19-23)42-5/h16-19,24H,8-15,20-21H2,1-7H3. The third-order valence-electron chi connectivity index (χ3n) is 7.78. The summed E-state index contributed by atoms with van der Waals surface area (Å²) in [6, 6.07) is 5.72. The molecule has 1 aliphatic rings. The predicted molar refractivity (Wildman–Crippen MR) is 167 cm³/mol. The van der Waals surface area contributed by atoms with E-state index in [1.54, 1.807) is 34.1 Å².